The third-order valence-corrected chi connectivity index (χ3v) is 7.14. The number of hydrogen-bond donors (Lipinski definition) is 1. The summed E-state index contributed by atoms with van der Waals surface area (Å²) in [6, 6.07) is 15.6. The van der Waals surface area contributed by atoms with Crippen molar-refractivity contribution in [3.8, 4) is 0 Å². The molecule has 1 saturated heterocycles. The first-order valence-corrected chi connectivity index (χ1v) is 12.0. The van der Waals surface area contributed by atoms with Gasteiger partial charge in [-0.25, -0.2) is 13.2 Å². The minimum atomic E-state index is -3.51. The van der Waals surface area contributed by atoms with E-state index in [0.717, 1.165) is 18.4 Å². The van der Waals surface area contributed by atoms with E-state index >= 15 is 0 Å². The number of carbonyl (C=O) groups is 2. The Bertz CT molecular complexity index is 1220. The molecule has 1 amide bonds. The van der Waals surface area contributed by atoms with E-state index in [1.807, 2.05) is 30.3 Å². The van der Waals surface area contributed by atoms with Crippen molar-refractivity contribution in [3.63, 3.8) is 0 Å². The number of anilines is 1. The fraction of sp³-hybridized carbons (Fsp3) is 0.261. The molecule has 0 bridgehead atoms. The van der Waals surface area contributed by atoms with Crippen molar-refractivity contribution in [3.05, 3.63) is 78.1 Å². The molecule has 1 fully saturated rings. The second-order valence-electron chi connectivity index (χ2n) is 7.67. The summed E-state index contributed by atoms with van der Waals surface area (Å²) in [4.78, 5) is 24.6. The van der Waals surface area contributed by atoms with Crippen LogP contribution in [-0.2, 0) is 26.1 Å². The molecule has 10 heteroatoms. The third kappa shape index (κ3) is 5.65. The van der Waals surface area contributed by atoms with Crippen LogP contribution in [0.5, 0.6) is 0 Å². The van der Waals surface area contributed by atoms with E-state index < -0.39 is 28.5 Å². The van der Waals surface area contributed by atoms with Gasteiger partial charge in [0.2, 0.25) is 10.0 Å². The molecular formula is C23H24N4O5S. The van der Waals surface area contributed by atoms with Crippen molar-refractivity contribution < 1.29 is 22.7 Å². The summed E-state index contributed by atoms with van der Waals surface area (Å²) in [6.45, 7) is 1.09. The van der Waals surface area contributed by atoms with E-state index in [1.165, 1.54) is 34.8 Å². The van der Waals surface area contributed by atoms with E-state index in [-0.39, 0.29) is 10.5 Å². The van der Waals surface area contributed by atoms with Gasteiger partial charge in [-0.2, -0.15) is 9.40 Å². The Hall–Kier alpha value is -3.50. The Morgan fingerprint density at radius 2 is 1.70 bits per heavy atom. The lowest BCUT2D eigenvalue weighted by molar-refractivity contribution is -0.119. The van der Waals surface area contributed by atoms with Crippen LogP contribution in [0, 0.1) is 0 Å². The molecular weight excluding hydrogens is 444 g/mol. The Balaban J connectivity index is 1.27. The number of nitrogens with one attached hydrogen (secondary N) is 1. The lowest BCUT2D eigenvalue weighted by Crippen LogP contribution is -2.27. The molecule has 4 rings (SSSR count). The average Bonchev–Trinajstić information content (AvgIpc) is 3.52. The van der Waals surface area contributed by atoms with Crippen LogP contribution in [0.25, 0.3) is 0 Å². The van der Waals surface area contributed by atoms with Gasteiger partial charge < -0.3 is 10.1 Å². The number of ether oxygens (including phenoxy) is 1. The van der Waals surface area contributed by atoms with E-state index in [2.05, 4.69) is 10.4 Å². The topological polar surface area (TPSA) is 111 Å². The largest absolute Gasteiger partial charge is 0.452 e. The molecule has 2 aromatic carbocycles. The van der Waals surface area contributed by atoms with Gasteiger partial charge in [-0.05, 0) is 42.7 Å². The zero-order valence-electron chi connectivity index (χ0n) is 17.9. The van der Waals surface area contributed by atoms with E-state index in [4.69, 9.17) is 4.74 Å². The Kier molecular flexibility index (Phi) is 6.85. The maximum atomic E-state index is 12.6. The van der Waals surface area contributed by atoms with Gasteiger partial charge in [0, 0.05) is 25.0 Å². The minimum absolute atomic E-state index is 0.182. The zero-order valence-corrected chi connectivity index (χ0v) is 18.7. The van der Waals surface area contributed by atoms with Gasteiger partial charge >= 0.3 is 5.97 Å². The van der Waals surface area contributed by atoms with Crippen molar-refractivity contribution >= 4 is 27.6 Å². The number of carbonyl (C=O) groups excluding carboxylic acids is 2. The highest BCUT2D eigenvalue weighted by Gasteiger charge is 2.27. The number of rotatable bonds is 8. The van der Waals surface area contributed by atoms with Crippen molar-refractivity contribution in [1.29, 1.82) is 0 Å². The number of amides is 1. The van der Waals surface area contributed by atoms with Gasteiger partial charge in [-0.1, -0.05) is 30.3 Å². The maximum Gasteiger partial charge on any atom is 0.341 e. The van der Waals surface area contributed by atoms with Crippen LogP contribution in [0.4, 0.5) is 5.69 Å². The molecule has 0 spiro atoms. The zero-order chi connectivity index (χ0) is 23.3. The Labute approximate surface area is 192 Å². The van der Waals surface area contributed by atoms with Crippen LogP contribution >= 0.6 is 0 Å². The van der Waals surface area contributed by atoms with E-state index in [1.54, 1.807) is 10.9 Å². The Morgan fingerprint density at radius 3 is 2.39 bits per heavy atom. The first-order valence-electron chi connectivity index (χ1n) is 10.6. The molecule has 0 aliphatic carbocycles. The van der Waals surface area contributed by atoms with Crippen LogP contribution in [0.15, 0.2) is 71.9 Å². The molecule has 0 saturated carbocycles. The quantitative estimate of drug-likeness (QED) is 0.509. The highest BCUT2D eigenvalue weighted by molar-refractivity contribution is 7.89. The van der Waals surface area contributed by atoms with Crippen LogP contribution in [0.3, 0.4) is 0 Å². The van der Waals surface area contributed by atoms with E-state index in [9.17, 15) is 18.0 Å². The number of esters is 1. The van der Waals surface area contributed by atoms with Gasteiger partial charge in [-0.15, -0.1) is 0 Å². The number of hydrogen-bond acceptors (Lipinski definition) is 6. The molecule has 0 unspecified atom stereocenters. The summed E-state index contributed by atoms with van der Waals surface area (Å²) in [6.07, 6.45) is 4.68. The fourth-order valence-corrected chi connectivity index (χ4v) is 5.04. The number of nitrogens with zero attached hydrogens (tertiary/aromatic N) is 3. The first-order chi connectivity index (χ1) is 15.9. The summed E-state index contributed by atoms with van der Waals surface area (Å²) in [7, 11) is -3.51. The van der Waals surface area contributed by atoms with Crippen LogP contribution in [0.2, 0.25) is 0 Å². The lowest BCUT2D eigenvalue weighted by Gasteiger charge is -2.15. The minimum Gasteiger partial charge on any atom is -0.452 e. The van der Waals surface area contributed by atoms with Crippen molar-refractivity contribution in [2.24, 2.45) is 0 Å². The molecule has 1 aromatic heterocycles. The molecule has 33 heavy (non-hydrogen) atoms. The highest BCUT2D eigenvalue weighted by atomic mass is 32.2. The van der Waals surface area contributed by atoms with Crippen LogP contribution in [0.1, 0.15) is 28.8 Å². The SMILES string of the molecule is O=C(COC(=O)c1cnn(Cc2ccccc2)c1)Nc1ccc(S(=O)(=O)N2CCCC2)cc1. The summed E-state index contributed by atoms with van der Waals surface area (Å²) < 4.78 is 33.3. The van der Waals surface area contributed by atoms with Gasteiger partial charge in [-0.3, -0.25) is 9.48 Å². The molecule has 1 N–H and O–H groups in total. The fourth-order valence-electron chi connectivity index (χ4n) is 3.53. The van der Waals surface area contributed by atoms with Crippen molar-refractivity contribution in [2.45, 2.75) is 24.3 Å². The molecule has 3 aromatic rings. The van der Waals surface area contributed by atoms with Crippen molar-refractivity contribution in [1.82, 2.24) is 14.1 Å². The monoisotopic (exact) mass is 468 g/mol. The predicted molar refractivity (Wildman–Crippen MR) is 121 cm³/mol. The normalized spacial score (nSPS) is 14.2. The second-order valence-corrected chi connectivity index (χ2v) is 9.61. The third-order valence-electron chi connectivity index (χ3n) is 5.23. The first kappa shape index (κ1) is 22.7. The summed E-state index contributed by atoms with van der Waals surface area (Å²) >= 11 is 0. The highest BCUT2D eigenvalue weighted by Crippen LogP contribution is 2.22. The number of sulfonamides is 1. The second kappa shape index (κ2) is 9.97. The smallest absolute Gasteiger partial charge is 0.341 e. The average molecular weight is 469 g/mol. The predicted octanol–water partition coefficient (Wildman–Crippen LogP) is 2.51. The molecule has 172 valence electrons. The summed E-state index contributed by atoms with van der Waals surface area (Å²) in [5.41, 5.74) is 1.70. The molecule has 9 nitrogen and oxygen atoms in total. The molecule has 2 heterocycles. The standard InChI is InChI=1S/C23H24N4O5S/c28-22(25-20-8-10-21(11-9-20)33(30,31)27-12-4-5-13-27)17-32-23(29)19-14-24-26(16-19)15-18-6-2-1-3-7-18/h1-3,6-11,14,16H,4-5,12-13,15,17H2,(H,25,28). The lowest BCUT2D eigenvalue weighted by atomic mass is 10.2. The molecule has 1 aliphatic heterocycles. The Morgan fingerprint density at radius 1 is 1.00 bits per heavy atom. The van der Waals surface area contributed by atoms with E-state index in [0.29, 0.717) is 25.3 Å². The molecule has 1 aliphatic rings. The summed E-state index contributed by atoms with van der Waals surface area (Å²) in [5, 5.41) is 6.74. The molecule has 0 atom stereocenters. The van der Waals surface area contributed by atoms with Gasteiger partial charge in [0.1, 0.15) is 0 Å². The molecule has 0 radical (unpaired) electrons. The maximum absolute atomic E-state index is 12.6. The summed E-state index contributed by atoms with van der Waals surface area (Å²) in [5.74, 6) is -1.19. The van der Waals surface area contributed by atoms with Gasteiger partial charge in [0.15, 0.2) is 6.61 Å². The van der Waals surface area contributed by atoms with Gasteiger partial charge in [0.25, 0.3) is 5.91 Å². The van der Waals surface area contributed by atoms with Gasteiger partial charge in [0.05, 0.1) is 23.2 Å². The van der Waals surface area contributed by atoms with Crippen molar-refractivity contribution in [2.75, 3.05) is 25.0 Å². The van der Waals surface area contributed by atoms with Crippen LogP contribution in [-0.4, -0.2) is 54.1 Å². The number of benzene rings is 2. The number of aromatic nitrogens is 2. The van der Waals surface area contributed by atoms with Crippen LogP contribution < -0.4 is 5.32 Å².